The molecule has 2 rings (SSSR count). The largest absolute Gasteiger partial charge is 0.467 e. The molecule has 1 aromatic carbocycles. The van der Waals surface area contributed by atoms with E-state index in [1.807, 2.05) is 6.07 Å². The minimum Gasteiger partial charge on any atom is -0.467 e. The number of hydrogen-bond donors (Lipinski definition) is 1. The molecule has 0 spiro atoms. The van der Waals surface area contributed by atoms with Crippen molar-refractivity contribution in [2.24, 2.45) is 0 Å². The molecule has 0 saturated carbocycles. The first-order chi connectivity index (χ1) is 9.61. The zero-order valence-electron chi connectivity index (χ0n) is 10.6. The van der Waals surface area contributed by atoms with Crippen molar-refractivity contribution in [3.8, 4) is 0 Å². The molecule has 1 heterocycles. The Morgan fingerprint density at radius 3 is 2.45 bits per heavy atom. The molecule has 0 aliphatic carbocycles. The Balaban J connectivity index is 2.21. The molecule has 104 valence electrons. The molecule has 1 N–H and O–H groups in total. The maximum Gasteiger partial charge on any atom is 0.333 e. The molecule has 0 radical (unpaired) electrons. The Bertz CT molecular complexity index is 609. The Morgan fingerprint density at radius 2 is 1.90 bits per heavy atom. The third kappa shape index (κ3) is 3.27. The van der Waals surface area contributed by atoms with Crippen molar-refractivity contribution in [2.75, 3.05) is 7.11 Å². The summed E-state index contributed by atoms with van der Waals surface area (Å²) in [7, 11) is 1.27. The van der Waals surface area contributed by atoms with Gasteiger partial charge in [0.2, 0.25) is 0 Å². The quantitative estimate of drug-likeness (QED) is 0.871. The van der Waals surface area contributed by atoms with Gasteiger partial charge in [-0.1, -0.05) is 30.3 Å². The van der Waals surface area contributed by atoms with E-state index in [2.05, 4.69) is 21.2 Å². The number of ether oxygens (including phenoxy) is 1. The van der Waals surface area contributed by atoms with Crippen LogP contribution in [0.3, 0.4) is 0 Å². The zero-order chi connectivity index (χ0) is 14.5. The Labute approximate surface area is 124 Å². The van der Waals surface area contributed by atoms with Crippen LogP contribution in [-0.4, -0.2) is 19.0 Å². The van der Waals surface area contributed by atoms with E-state index in [0.717, 1.165) is 0 Å². The molecule has 0 bridgehead atoms. The summed E-state index contributed by atoms with van der Waals surface area (Å²) in [6, 6.07) is 11.1. The molecule has 6 heteroatoms. The molecule has 0 aliphatic heterocycles. The molecule has 1 atom stereocenters. The number of furan rings is 1. The minimum absolute atomic E-state index is 0.113. The van der Waals surface area contributed by atoms with Crippen molar-refractivity contribution in [1.29, 1.82) is 0 Å². The van der Waals surface area contributed by atoms with Crippen LogP contribution in [0, 0.1) is 0 Å². The average molecular weight is 338 g/mol. The standard InChI is InChI=1S/C14H12BrNO4/c1-19-14(18)12(9-5-3-2-4-6-9)16-13(17)10-7-8-11(15)20-10/h2-8,12H,1H3,(H,16,17)/t12-/m0/s1. The predicted octanol–water partition coefficient (Wildman–Crippen LogP) is 2.69. The van der Waals surface area contributed by atoms with E-state index >= 15 is 0 Å². The topological polar surface area (TPSA) is 68.5 Å². The van der Waals surface area contributed by atoms with Crippen LogP contribution in [0.4, 0.5) is 0 Å². The van der Waals surface area contributed by atoms with Gasteiger partial charge >= 0.3 is 5.97 Å². The Kier molecular flexibility index (Phi) is 4.57. The number of halogens is 1. The van der Waals surface area contributed by atoms with Crippen LogP contribution in [0.5, 0.6) is 0 Å². The first-order valence-electron chi connectivity index (χ1n) is 5.81. The van der Waals surface area contributed by atoms with Crippen molar-refractivity contribution in [1.82, 2.24) is 5.32 Å². The molecular formula is C14H12BrNO4. The van der Waals surface area contributed by atoms with Gasteiger partial charge in [-0.25, -0.2) is 4.79 Å². The fourth-order valence-electron chi connectivity index (χ4n) is 1.68. The number of carbonyl (C=O) groups excluding carboxylic acids is 2. The molecule has 0 unspecified atom stereocenters. The minimum atomic E-state index is -0.877. The second kappa shape index (κ2) is 6.38. The van der Waals surface area contributed by atoms with Gasteiger partial charge < -0.3 is 14.5 Å². The van der Waals surface area contributed by atoms with E-state index in [9.17, 15) is 9.59 Å². The van der Waals surface area contributed by atoms with E-state index in [4.69, 9.17) is 9.15 Å². The predicted molar refractivity (Wildman–Crippen MR) is 75.1 cm³/mol. The zero-order valence-corrected chi connectivity index (χ0v) is 12.2. The summed E-state index contributed by atoms with van der Waals surface area (Å²) in [5.41, 5.74) is 0.637. The number of benzene rings is 1. The highest BCUT2D eigenvalue weighted by Gasteiger charge is 2.25. The van der Waals surface area contributed by atoms with Crippen molar-refractivity contribution in [3.05, 3.63) is 58.5 Å². The summed E-state index contributed by atoms with van der Waals surface area (Å²) >= 11 is 3.12. The van der Waals surface area contributed by atoms with Crippen LogP contribution < -0.4 is 5.32 Å². The highest BCUT2D eigenvalue weighted by molar-refractivity contribution is 9.10. The average Bonchev–Trinajstić information content (AvgIpc) is 2.91. The van der Waals surface area contributed by atoms with E-state index in [1.54, 1.807) is 30.3 Å². The fourth-order valence-corrected chi connectivity index (χ4v) is 1.99. The third-order valence-electron chi connectivity index (χ3n) is 2.64. The second-order valence-electron chi connectivity index (χ2n) is 3.94. The lowest BCUT2D eigenvalue weighted by Gasteiger charge is -2.16. The van der Waals surface area contributed by atoms with Gasteiger partial charge in [-0.15, -0.1) is 0 Å². The van der Waals surface area contributed by atoms with E-state index < -0.39 is 17.9 Å². The van der Waals surface area contributed by atoms with Crippen LogP contribution in [0.25, 0.3) is 0 Å². The van der Waals surface area contributed by atoms with Crippen molar-refractivity contribution >= 4 is 27.8 Å². The van der Waals surface area contributed by atoms with E-state index in [1.165, 1.54) is 13.2 Å². The number of nitrogens with one attached hydrogen (secondary N) is 1. The first kappa shape index (κ1) is 14.3. The number of carbonyl (C=O) groups is 2. The Hall–Kier alpha value is -2.08. The monoisotopic (exact) mass is 337 g/mol. The number of methoxy groups -OCH3 is 1. The lowest BCUT2D eigenvalue weighted by Crippen LogP contribution is -2.34. The van der Waals surface area contributed by atoms with Crippen LogP contribution in [0.1, 0.15) is 22.2 Å². The van der Waals surface area contributed by atoms with E-state index in [-0.39, 0.29) is 5.76 Å². The van der Waals surface area contributed by atoms with Crippen molar-refractivity contribution < 1.29 is 18.7 Å². The number of amides is 1. The van der Waals surface area contributed by atoms with Crippen molar-refractivity contribution in [2.45, 2.75) is 6.04 Å². The first-order valence-corrected chi connectivity index (χ1v) is 6.60. The highest BCUT2D eigenvalue weighted by atomic mass is 79.9. The van der Waals surface area contributed by atoms with E-state index in [0.29, 0.717) is 10.2 Å². The Morgan fingerprint density at radius 1 is 1.20 bits per heavy atom. The summed E-state index contributed by atoms with van der Waals surface area (Å²) in [6.45, 7) is 0. The summed E-state index contributed by atoms with van der Waals surface area (Å²) in [5, 5.41) is 2.59. The van der Waals surface area contributed by atoms with Gasteiger partial charge in [0.1, 0.15) is 0 Å². The van der Waals surface area contributed by atoms with Crippen LogP contribution >= 0.6 is 15.9 Å². The van der Waals surface area contributed by atoms with Crippen LogP contribution in [0.15, 0.2) is 51.6 Å². The molecular weight excluding hydrogens is 326 g/mol. The summed E-state index contributed by atoms with van der Waals surface area (Å²) in [6.07, 6.45) is 0. The molecule has 1 amide bonds. The number of esters is 1. The second-order valence-corrected chi connectivity index (χ2v) is 4.73. The third-order valence-corrected chi connectivity index (χ3v) is 3.07. The molecule has 2 aromatic rings. The maximum absolute atomic E-state index is 12.0. The molecule has 0 saturated heterocycles. The normalized spacial score (nSPS) is 11.7. The number of hydrogen-bond acceptors (Lipinski definition) is 4. The van der Waals surface area contributed by atoms with Gasteiger partial charge in [0, 0.05) is 0 Å². The number of rotatable bonds is 4. The molecule has 5 nitrogen and oxygen atoms in total. The van der Waals surface area contributed by atoms with Gasteiger partial charge in [-0.05, 0) is 33.6 Å². The molecule has 0 fully saturated rings. The fraction of sp³-hybridized carbons (Fsp3) is 0.143. The maximum atomic E-state index is 12.0. The summed E-state index contributed by atoms with van der Waals surface area (Å²) < 4.78 is 10.3. The lowest BCUT2D eigenvalue weighted by atomic mass is 10.1. The molecule has 1 aromatic heterocycles. The lowest BCUT2D eigenvalue weighted by molar-refractivity contribution is -0.143. The van der Waals surface area contributed by atoms with Gasteiger partial charge in [0.15, 0.2) is 16.5 Å². The SMILES string of the molecule is COC(=O)[C@@H](NC(=O)c1ccc(Br)o1)c1ccccc1. The smallest absolute Gasteiger partial charge is 0.333 e. The summed E-state index contributed by atoms with van der Waals surface area (Å²) in [5.74, 6) is -0.924. The van der Waals surface area contributed by atoms with Crippen LogP contribution in [0.2, 0.25) is 0 Å². The summed E-state index contributed by atoms with van der Waals surface area (Å²) in [4.78, 5) is 23.8. The molecule has 0 aliphatic rings. The highest BCUT2D eigenvalue weighted by Crippen LogP contribution is 2.17. The van der Waals surface area contributed by atoms with Gasteiger partial charge in [0.25, 0.3) is 5.91 Å². The van der Waals surface area contributed by atoms with Crippen molar-refractivity contribution in [3.63, 3.8) is 0 Å². The van der Waals surface area contributed by atoms with Crippen LogP contribution in [-0.2, 0) is 9.53 Å². The van der Waals surface area contributed by atoms with Gasteiger partial charge in [0.05, 0.1) is 7.11 Å². The van der Waals surface area contributed by atoms with Gasteiger partial charge in [-0.2, -0.15) is 0 Å². The molecule has 20 heavy (non-hydrogen) atoms. The van der Waals surface area contributed by atoms with Gasteiger partial charge in [-0.3, -0.25) is 4.79 Å².